The smallest absolute Gasteiger partial charge is 0.246 e. The van der Waals surface area contributed by atoms with Gasteiger partial charge >= 0.3 is 0 Å². The van der Waals surface area contributed by atoms with Crippen LogP contribution in [0.2, 0.25) is 5.02 Å². The predicted molar refractivity (Wildman–Crippen MR) is 96.0 cm³/mol. The summed E-state index contributed by atoms with van der Waals surface area (Å²) in [6.07, 6.45) is 0. The molecule has 0 aliphatic rings. The molecule has 1 heterocycles. The molecule has 1 N–H and O–H groups in total. The zero-order valence-electron chi connectivity index (χ0n) is 13.9. The fourth-order valence-electron chi connectivity index (χ4n) is 2.37. The van der Waals surface area contributed by atoms with Crippen LogP contribution in [0.25, 0.3) is 11.4 Å². The van der Waals surface area contributed by atoms with E-state index in [4.69, 9.17) is 11.6 Å². The largest absolute Gasteiger partial charge is 0.348 e. The molecule has 2 atom stereocenters. The minimum absolute atomic E-state index is 0.149. The van der Waals surface area contributed by atoms with Crippen LogP contribution in [0.1, 0.15) is 31.5 Å². The van der Waals surface area contributed by atoms with Gasteiger partial charge in [-0.1, -0.05) is 54.1 Å². The topological polar surface area (TPSA) is 72.7 Å². The summed E-state index contributed by atoms with van der Waals surface area (Å²) in [5.74, 6) is 0.311. The van der Waals surface area contributed by atoms with E-state index >= 15 is 0 Å². The van der Waals surface area contributed by atoms with Crippen molar-refractivity contribution in [1.82, 2.24) is 25.5 Å². The normalized spacial score (nSPS) is 13.2. The van der Waals surface area contributed by atoms with Crippen LogP contribution in [0.4, 0.5) is 0 Å². The number of halogens is 1. The first-order valence-corrected chi connectivity index (χ1v) is 8.33. The van der Waals surface area contributed by atoms with Crippen LogP contribution in [-0.4, -0.2) is 26.1 Å². The Morgan fingerprint density at radius 2 is 1.76 bits per heavy atom. The number of benzene rings is 2. The number of nitrogens with zero attached hydrogens (tertiary/aromatic N) is 4. The van der Waals surface area contributed by atoms with Crippen molar-refractivity contribution in [3.8, 4) is 11.4 Å². The van der Waals surface area contributed by atoms with Gasteiger partial charge in [0.2, 0.25) is 11.7 Å². The molecule has 0 bridgehead atoms. The molecule has 0 aliphatic carbocycles. The fraction of sp³-hybridized carbons (Fsp3) is 0.222. The highest BCUT2D eigenvalue weighted by Gasteiger charge is 2.20. The van der Waals surface area contributed by atoms with Gasteiger partial charge in [0.25, 0.3) is 0 Å². The zero-order valence-corrected chi connectivity index (χ0v) is 14.7. The van der Waals surface area contributed by atoms with Crippen LogP contribution in [0, 0.1) is 0 Å². The van der Waals surface area contributed by atoms with E-state index in [1.54, 1.807) is 19.1 Å². The molecular formula is C18H18ClN5O. The van der Waals surface area contributed by atoms with Gasteiger partial charge in [0.1, 0.15) is 6.04 Å². The summed E-state index contributed by atoms with van der Waals surface area (Å²) in [6, 6.07) is 16.2. The van der Waals surface area contributed by atoms with Crippen molar-refractivity contribution in [3.05, 3.63) is 65.2 Å². The van der Waals surface area contributed by atoms with Gasteiger partial charge in [-0.25, -0.2) is 0 Å². The van der Waals surface area contributed by atoms with E-state index in [2.05, 4.69) is 20.7 Å². The molecule has 0 aliphatic heterocycles. The quantitative estimate of drug-likeness (QED) is 0.761. The van der Waals surface area contributed by atoms with Gasteiger partial charge in [-0.05, 0) is 36.8 Å². The SMILES string of the molecule is CC(NC(=O)C(C)n1nnc(-c2ccccc2)n1)c1ccc(Cl)cc1. The Morgan fingerprint density at radius 1 is 1.08 bits per heavy atom. The molecule has 0 spiro atoms. The number of aromatic nitrogens is 4. The molecule has 0 radical (unpaired) electrons. The summed E-state index contributed by atoms with van der Waals surface area (Å²) in [4.78, 5) is 13.8. The molecule has 0 saturated heterocycles. The van der Waals surface area contributed by atoms with E-state index in [-0.39, 0.29) is 11.9 Å². The molecular weight excluding hydrogens is 338 g/mol. The third-order valence-electron chi connectivity index (χ3n) is 3.91. The Bertz CT molecular complexity index is 847. The third-order valence-corrected chi connectivity index (χ3v) is 4.17. The number of nitrogens with one attached hydrogen (secondary N) is 1. The highest BCUT2D eigenvalue weighted by Crippen LogP contribution is 2.17. The van der Waals surface area contributed by atoms with Crippen molar-refractivity contribution >= 4 is 17.5 Å². The Kier molecular flexibility index (Phi) is 5.09. The van der Waals surface area contributed by atoms with E-state index in [0.717, 1.165) is 11.1 Å². The molecule has 2 unspecified atom stereocenters. The Morgan fingerprint density at radius 3 is 2.44 bits per heavy atom. The lowest BCUT2D eigenvalue weighted by atomic mass is 10.1. The molecule has 0 saturated carbocycles. The maximum absolute atomic E-state index is 12.5. The van der Waals surface area contributed by atoms with Gasteiger partial charge in [-0.3, -0.25) is 4.79 Å². The second-order valence-electron chi connectivity index (χ2n) is 5.76. The van der Waals surface area contributed by atoms with Crippen molar-refractivity contribution in [1.29, 1.82) is 0 Å². The first-order chi connectivity index (χ1) is 12.0. The van der Waals surface area contributed by atoms with Crippen molar-refractivity contribution in [3.63, 3.8) is 0 Å². The second kappa shape index (κ2) is 7.44. The molecule has 0 fully saturated rings. The number of carbonyl (C=O) groups excluding carboxylic acids is 1. The van der Waals surface area contributed by atoms with Crippen LogP contribution in [0.3, 0.4) is 0 Å². The number of amides is 1. The van der Waals surface area contributed by atoms with E-state index < -0.39 is 6.04 Å². The molecule has 3 rings (SSSR count). The highest BCUT2D eigenvalue weighted by atomic mass is 35.5. The van der Waals surface area contributed by atoms with Gasteiger partial charge in [-0.2, -0.15) is 4.80 Å². The lowest BCUT2D eigenvalue weighted by molar-refractivity contribution is -0.125. The molecule has 3 aromatic rings. The predicted octanol–water partition coefficient (Wildman–Crippen LogP) is 3.43. The van der Waals surface area contributed by atoms with Crippen LogP contribution in [-0.2, 0) is 4.79 Å². The van der Waals surface area contributed by atoms with Crippen LogP contribution in [0.5, 0.6) is 0 Å². The summed E-state index contributed by atoms with van der Waals surface area (Å²) in [5.41, 5.74) is 1.83. The van der Waals surface area contributed by atoms with Gasteiger partial charge in [0.15, 0.2) is 0 Å². The highest BCUT2D eigenvalue weighted by molar-refractivity contribution is 6.30. The van der Waals surface area contributed by atoms with Crippen LogP contribution in [0.15, 0.2) is 54.6 Å². The molecule has 25 heavy (non-hydrogen) atoms. The van der Waals surface area contributed by atoms with Crippen molar-refractivity contribution < 1.29 is 4.79 Å². The van der Waals surface area contributed by atoms with Crippen molar-refractivity contribution in [2.45, 2.75) is 25.9 Å². The number of hydrogen-bond acceptors (Lipinski definition) is 4. The molecule has 6 nitrogen and oxygen atoms in total. The molecule has 1 aromatic heterocycles. The summed E-state index contributed by atoms with van der Waals surface area (Å²) in [5, 5.41) is 16.0. The number of hydrogen-bond donors (Lipinski definition) is 1. The van der Waals surface area contributed by atoms with E-state index in [9.17, 15) is 4.79 Å². The number of rotatable bonds is 5. The number of carbonyl (C=O) groups is 1. The Labute approximate surface area is 150 Å². The third kappa shape index (κ3) is 4.03. The second-order valence-corrected chi connectivity index (χ2v) is 6.19. The minimum Gasteiger partial charge on any atom is -0.348 e. The van der Waals surface area contributed by atoms with E-state index in [1.165, 1.54) is 4.80 Å². The van der Waals surface area contributed by atoms with Crippen molar-refractivity contribution in [2.24, 2.45) is 0 Å². The van der Waals surface area contributed by atoms with Crippen LogP contribution < -0.4 is 5.32 Å². The lowest BCUT2D eigenvalue weighted by Gasteiger charge is -2.17. The first kappa shape index (κ1) is 17.1. The zero-order chi connectivity index (χ0) is 17.8. The fourth-order valence-corrected chi connectivity index (χ4v) is 2.49. The maximum atomic E-state index is 12.5. The molecule has 128 valence electrons. The van der Waals surface area contributed by atoms with Crippen molar-refractivity contribution in [2.75, 3.05) is 0 Å². The lowest BCUT2D eigenvalue weighted by Crippen LogP contribution is -2.34. The Balaban J connectivity index is 1.68. The average Bonchev–Trinajstić information content (AvgIpc) is 3.12. The monoisotopic (exact) mass is 355 g/mol. The molecule has 7 heteroatoms. The molecule has 2 aromatic carbocycles. The summed E-state index contributed by atoms with van der Waals surface area (Å²) in [6.45, 7) is 3.65. The van der Waals surface area contributed by atoms with Crippen LogP contribution >= 0.6 is 11.6 Å². The molecule has 1 amide bonds. The van der Waals surface area contributed by atoms with Gasteiger partial charge in [-0.15, -0.1) is 10.2 Å². The van der Waals surface area contributed by atoms with E-state index in [1.807, 2.05) is 49.4 Å². The summed E-state index contributed by atoms with van der Waals surface area (Å²) < 4.78 is 0. The minimum atomic E-state index is -0.570. The number of tetrazole rings is 1. The summed E-state index contributed by atoms with van der Waals surface area (Å²) >= 11 is 5.89. The standard InChI is InChI=1S/C18H18ClN5O/c1-12(14-8-10-16(19)11-9-14)20-18(25)13(2)24-22-17(21-23-24)15-6-4-3-5-7-15/h3-13H,1-2H3,(H,20,25). The maximum Gasteiger partial charge on any atom is 0.246 e. The van der Waals surface area contributed by atoms with Gasteiger partial charge < -0.3 is 5.32 Å². The first-order valence-electron chi connectivity index (χ1n) is 7.95. The Hall–Kier alpha value is -2.73. The summed E-state index contributed by atoms with van der Waals surface area (Å²) in [7, 11) is 0. The van der Waals surface area contributed by atoms with E-state index in [0.29, 0.717) is 10.8 Å². The van der Waals surface area contributed by atoms with Gasteiger partial charge in [0.05, 0.1) is 6.04 Å². The van der Waals surface area contributed by atoms with Gasteiger partial charge in [0, 0.05) is 10.6 Å². The average molecular weight is 356 g/mol.